The Morgan fingerprint density at radius 2 is 2.27 bits per heavy atom. The van der Waals surface area contributed by atoms with E-state index in [1.54, 1.807) is 18.3 Å². The molecule has 0 unspecified atom stereocenters. The van der Waals surface area contributed by atoms with Gasteiger partial charge in [-0.25, -0.2) is 14.7 Å². The number of hydrogen-bond donors (Lipinski definition) is 1. The fourth-order valence-electron chi connectivity index (χ4n) is 1.43. The van der Waals surface area contributed by atoms with Gasteiger partial charge in [0.1, 0.15) is 5.82 Å². The zero-order valence-corrected chi connectivity index (χ0v) is 8.03. The number of halogens is 1. The molecule has 2 aromatic rings. The Bertz CT molecular complexity index is 507. The summed E-state index contributed by atoms with van der Waals surface area (Å²) in [5.41, 5.74) is 2.82. The number of aromatic nitrogens is 1. The maximum Gasteiger partial charge on any atom is 0.349 e. The molecule has 0 spiro atoms. The lowest BCUT2D eigenvalue weighted by atomic mass is 10.2. The number of fused-ring (bicyclic) bond motifs is 1. The van der Waals surface area contributed by atoms with Gasteiger partial charge in [-0.05, 0) is 24.3 Å². The number of rotatable bonds is 1. The standard InChI is InChI=1S/C10H9FN2O2/c1-15-12-10(14)13-5-4-7-6-8(11)2-3-9(7)13/h2-6H,1H3,(H,12,14). The van der Waals surface area contributed by atoms with E-state index in [0.29, 0.717) is 10.9 Å². The van der Waals surface area contributed by atoms with Crippen molar-refractivity contribution in [2.75, 3.05) is 7.11 Å². The van der Waals surface area contributed by atoms with E-state index in [2.05, 4.69) is 10.3 Å². The third kappa shape index (κ3) is 1.69. The zero-order chi connectivity index (χ0) is 10.8. The molecular formula is C10H9FN2O2. The molecule has 0 fully saturated rings. The second-order valence-electron chi connectivity index (χ2n) is 3.00. The average Bonchev–Trinajstić information content (AvgIpc) is 2.60. The normalized spacial score (nSPS) is 10.5. The van der Waals surface area contributed by atoms with Gasteiger partial charge < -0.3 is 0 Å². The van der Waals surface area contributed by atoms with E-state index in [-0.39, 0.29) is 5.82 Å². The minimum atomic E-state index is -0.417. The molecule has 4 nitrogen and oxygen atoms in total. The van der Waals surface area contributed by atoms with Gasteiger partial charge in [-0.1, -0.05) is 0 Å². The fourth-order valence-corrected chi connectivity index (χ4v) is 1.43. The van der Waals surface area contributed by atoms with Crippen molar-refractivity contribution in [1.29, 1.82) is 0 Å². The zero-order valence-electron chi connectivity index (χ0n) is 8.03. The van der Waals surface area contributed by atoms with Crippen LogP contribution in [0.2, 0.25) is 0 Å². The molecule has 1 aromatic carbocycles. The Morgan fingerprint density at radius 3 is 3.00 bits per heavy atom. The van der Waals surface area contributed by atoms with E-state index in [1.807, 2.05) is 0 Å². The molecule has 0 saturated carbocycles. The van der Waals surface area contributed by atoms with Crippen LogP contribution in [0.15, 0.2) is 30.5 Å². The number of carbonyl (C=O) groups excluding carboxylic acids is 1. The van der Waals surface area contributed by atoms with Crippen LogP contribution in [0.3, 0.4) is 0 Å². The van der Waals surface area contributed by atoms with Crippen LogP contribution in [0.25, 0.3) is 10.9 Å². The molecule has 1 aromatic heterocycles. The lowest BCUT2D eigenvalue weighted by molar-refractivity contribution is 0.109. The van der Waals surface area contributed by atoms with Crippen molar-refractivity contribution in [3.63, 3.8) is 0 Å². The summed E-state index contributed by atoms with van der Waals surface area (Å²) in [6.07, 6.45) is 1.55. The summed E-state index contributed by atoms with van der Waals surface area (Å²) < 4.78 is 14.2. The predicted molar refractivity (Wildman–Crippen MR) is 52.8 cm³/mol. The first kappa shape index (κ1) is 9.67. The number of nitrogens with one attached hydrogen (secondary N) is 1. The van der Waals surface area contributed by atoms with Crippen LogP contribution in [-0.2, 0) is 4.84 Å². The third-order valence-corrected chi connectivity index (χ3v) is 2.06. The maximum absolute atomic E-state index is 12.9. The number of hydroxylamine groups is 1. The summed E-state index contributed by atoms with van der Waals surface area (Å²) in [7, 11) is 1.35. The van der Waals surface area contributed by atoms with Gasteiger partial charge in [0.05, 0.1) is 12.6 Å². The van der Waals surface area contributed by atoms with E-state index in [9.17, 15) is 9.18 Å². The molecule has 0 aliphatic rings. The van der Waals surface area contributed by atoms with Crippen molar-refractivity contribution in [2.45, 2.75) is 0 Å². The van der Waals surface area contributed by atoms with Crippen LogP contribution in [0, 0.1) is 5.82 Å². The van der Waals surface area contributed by atoms with Crippen molar-refractivity contribution in [1.82, 2.24) is 10.0 Å². The molecule has 0 radical (unpaired) electrons. The van der Waals surface area contributed by atoms with Gasteiger partial charge in [0.25, 0.3) is 0 Å². The highest BCUT2D eigenvalue weighted by Gasteiger charge is 2.08. The minimum absolute atomic E-state index is 0.326. The summed E-state index contributed by atoms with van der Waals surface area (Å²) in [5, 5.41) is 0.668. The maximum atomic E-state index is 12.9. The van der Waals surface area contributed by atoms with Gasteiger partial charge in [0, 0.05) is 11.6 Å². The third-order valence-electron chi connectivity index (χ3n) is 2.06. The Kier molecular flexibility index (Phi) is 2.39. The lowest BCUT2D eigenvalue weighted by Crippen LogP contribution is -2.26. The van der Waals surface area contributed by atoms with E-state index in [4.69, 9.17) is 0 Å². The predicted octanol–water partition coefficient (Wildman–Crippen LogP) is 1.90. The Labute approximate surface area is 85.2 Å². The van der Waals surface area contributed by atoms with Gasteiger partial charge in [-0.15, -0.1) is 0 Å². The first-order valence-corrected chi connectivity index (χ1v) is 4.32. The molecule has 1 heterocycles. The van der Waals surface area contributed by atoms with E-state index >= 15 is 0 Å². The molecule has 0 atom stereocenters. The second-order valence-corrected chi connectivity index (χ2v) is 3.00. The summed E-state index contributed by atoms with van der Waals surface area (Å²) in [4.78, 5) is 15.9. The van der Waals surface area contributed by atoms with E-state index in [0.717, 1.165) is 0 Å². The molecule has 5 heteroatoms. The summed E-state index contributed by atoms with van der Waals surface area (Å²) in [6, 6.07) is 5.46. The van der Waals surface area contributed by atoms with Gasteiger partial charge in [0.2, 0.25) is 0 Å². The molecule has 0 aliphatic carbocycles. The molecule has 0 bridgehead atoms. The molecule has 2 rings (SSSR count). The molecule has 15 heavy (non-hydrogen) atoms. The highest BCUT2D eigenvalue weighted by Crippen LogP contribution is 2.16. The van der Waals surface area contributed by atoms with Gasteiger partial charge in [0.15, 0.2) is 0 Å². The van der Waals surface area contributed by atoms with Gasteiger partial charge >= 0.3 is 6.03 Å². The van der Waals surface area contributed by atoms with Crippen molar-refractivity contribution in [3.05, 3.63) is 36.3 Å². The highest BCUT2D eigenvalue weighted by atomic mass is 19.1. The largest absolute Gasteiger partial charge is 0.349 e. The molecule has 1 N–H and O–H groups in total. The average molecular weight is 208 g/mol. The van der Waals surface area contributed by atoms with Gasteiger partial charge in [-0.3, -0.25) is 9.40 Å². The number of carbonyl (C=O) groups is 1. The van der Waals surface area contributed by atoms with Crippen LogP contribution >= 0.6 is 0 Å². The van der Waals surface area contributed by atoms with Gasteiger partial charge in [-0.2, -0.15) is 0 Å². The molecule has 1 amide bonds. The Morgan fingerprint density at radius 1 is 1.47 bits per heavy atom. The van der Waals surface area contributed by atoms with Crippen molar-refractivity contribution in [3.8, 4) is 0 Å². The number of benzene rings is 1. The summed E-state index contributed by atoms with van der Waals surface area (Å²) in [6.45, 7) is 0. The summed E-state index contributed by atoms with van der Waals surface area (Å²) >= 11 is 0. The number of hydrogen-bond acceptors (Lipinski definition) is 2. The van der Waals surface area contributed by atoms with Crippen LogP contribution in [0.4, 0.5) is 9.18 Å². The van der Waals surface area contributed by atoms with E-state index in [1.165, 1.54) is 23.8 Å². The minimum Gasteiger partial charge on any atom is -0.275 e. The lowest BCUT2D eigenvalue weighted by Gasteiger charge is -2.03. The van der Waals surface area contributed by atoms with Crippen LogP contribution in [0.5, 0.6) is 0 Å². The molecule has 0 aliphatic heterocycles. The first-order chi connectivity index (χ1) is 7.22. The highest BCUT2D eigenvalue weighted by molar-refractivity contribution is 5.91. The number of nitrogens with zero attached hydrogens (tertiary/aromatic N) is 1. The number of amides is 1. The van der Waals surface area contributed by atoms with Crippen LogP contribution < -0.4 is 5.48 Å². The monoisotopic (exact) mass is 208 g/mol. The summed E-state index contributed by atoms with van der Waals surface area (Å²) in [5.74, 6) is -0.326. The van der Waals surface area contributed by atoms with Crippen molar-refractivity contribution < 1.29 is 14.0 Å². The Balaban J connectivity index is 2.49. The molecular weight excluding hydrogens is 199 g/mol. The topological polar surface area (TPSA) is 43.3 Å². The molecule has 78 valence electrons. The Hall–Kier alpha value is -1.88. The molecule has 0 saturated heterocycles. The van der Waals surface area contributed by atoms with E-state index < -0.39 is 6.03 Å². The first-order valence-electron chi connectivity index (χ1n) is 4.32. The fraction of sp³-hybridized carbons (Fsp3) is 0.100. The quantitative estimate of drug-likeness (QED) is 0.727. The smallest absolute Gasteiger partial charge is 0.275 e. The van der Waals surface area contributed by atoms with Crippen LogP contribution in [0.1, 0.15) is 0 Å². The SMILES string of the molecule is CONC(=O)n1ccc2cc(F)ccc21. The van der Waals surface area contributed by atoms with Crippen molar-refractivity contribution >= 4 is 16.9 Å². The van der Waals surface area contributed by atoms with Crippen molar-refractivity contribution in [2.24, 2.45) is 0 Å². The van der Waals surface area contributed by atoms with Crippen LogP contribution in [-0.4, -0.2) is 17.7 Å². The second kappa shape index (κ2) is 3.70.